The predicted molar refractivity (Wildman–Crippen MR) is 267 cm³/mol. The van der Waals surface area contributed by atoms with Crippen LogP contribution < -0.4 is 5.32 Å². The molecule has 0 aliphatic carbocycles. The molecule has 0 bridgehead atoms. The summed E-state index contributed by atoms with van der Waals surface area (Å²) >= 11 is 0. The lowest BCUT2D eigenvalue weighted by Crippen LogP contribution is -2.60. The van der Waals surface area contributed by atoms with Crippen molar-refractivity contribution in [2.45, 2.75) is 256 Å². The molecule has 9 nitrogen and oxygen atoms in total. The number of carbonyl (C=O) groups is 1. The van der Waals surface area contributed by atoms with Crippen molar-refractivity contribution >= 4 is 5.91 Å². The van der Waals surface area contributed by atoms with Crippen molar-refractivity contribution in [3.05, 3.63) is 72.9 Å². The first-order valence-corrected chi connectivity index (χ1v) is 26.2. The van der Waals surface area contributed by atoms with Gasteiger partial charge in [-0.15, -0.1) is 0 Å². The Balaban J connectivity index is 2.33. The maximum Gasteiger partial charge on any atom is 0.220 e. The number of allylic oxidation sites excluding steroid dienone is 11. The summed E-state index contributed by atoms with van der Waals surface area (Å²) in [6, 6.07) is -0.836. The maximum atomic E-state index is 13.0. The summed E-state index contributed by atoms with van der Waals surface area (Å²) in [7, 11) is 0. The van der Waals surface area contributed by atoms with Gasteiger partial charge in [0.05, 0.1) is 25.4 Å². The highest BCUT2D eigenvalue weighted by Crippen LogP contribution is 2.22. The van der Waals surface area contributed by atoms with Crippen molar-refractivity contribution < 1.29 is 39.8 Å². The van der Waals surface area contributed by atoms with Crippen LogP contribution in [0.25, 0.3) is 0 Å². The highest BCUT2D eigenvalue weighted by Gasteiger charge is 2.44. The normalized spacial score (nSPS) is 20.6. The van der Waals surface area contributed by atoms with Crippen LogP contribution in [0.3, 0.4) is 0 Å². The summed E-state index contributed by atoms with van der Waals surface area (Å²) in [6.07, 6.45) is 53.7. The molecule has 6 N–H and O–H groups in total. The van der Waals surface area contributed by atoms with Gasteiger partial charge in [0.1, 0.15) is 24.4 Å². The van der Waals surface area contributed by atoms with Crippen LogP contribution in [0.5, 0.6) is 0 Å². The first-order chi connectivity index (χ1) is 31.3. The monoisotopic (exact) mass is 900 g/mol. The average Bonchev–Trinajstić information content (AvgIpc) is 3.29. The molecule has 64 heavy (non-hydrogen) atoms. The zero-order valence-corrected chi connectivity index (χ0v) is 40.8. The van der Waals surface area contributed by atoms with E-state index in [1.54, 1.807) is 6.08 Å². The molecule has 9 heteroatoms. The van der Waals surface area contributed by atoms with Crippen LogP contribution in [-0.4, -0.2) is 87.5 Å². The molecule has 1 amide bonds. The van der Waals surface area contributed by atoms with Gasteiger partial charge in [0.25, 0.3) is 0 Å². The SMILES string of the molecule is CCCCCCC/C=C\C/C=C\C/C=C\CCCCCCCCCCC(=O)NC(COC1OC(CO)C(O)C(O)C1O)C(O)/C=C/CC/C=C/CC/C=C/CCCCCCCCCC. The molecule has 1 aliphatic heterocycles. The van der Waals surface area contributed by atoms with Gasteiger partial charge in [-0.05, 0) is 83.5 Å². The zero-order valence-electron chi connectivity index (χ0n) is 40.8. The number of ether oxygens (including phenoxy) is 2. The number of carbonyl (C=O) groups excluding carboxylic acids is 1. The van der Waals surface area contributed by atoms with E-state index in [2.05, 4.69) is 79.9 Å². The van der Waals surface area contributed by atoms with Gasteiger partial charge in [-0.3, -0.25) is 4.79 Å². The predicted octanol–water partition coefficient (Wildman–Crippen LogP) is 12.1. The number of hydrogen-bond acceptors (Lipinski definition) is 8. The van der Waals surface area contributed by atoms with Crippen LogP contribution in [0.4, 0.5) is 0 Å². The van der Waals surface area contributed by atoms with Gasteiger partial charge >= 0.3 is 0 Å². The second-order valence-electron chi connectivity index (χ2n) is 17.9. The Morgan fingerprint density at radius 3 is 1.42 bits per heavy atom. The third kappa shape index (κ3) is 34.0. The van der Waals surface area contributed by atoms with Gasteiger partial charge in [-0.1, -0.05) is 196 Å². The molecule has 0 aromatic heterocycles. The summed E-state index contributed by atoms with van der Waals surface area (Å²) in [5.74, 6) is -0.200. The average molecular weight is 900 g/mol. The Kier molecular flexibility index (Phi) is 41.4. The molecule has 1 saturated heterocycles. The van der Waals surface area contributed by atoms with Crippen LogP contribution in [0.1, 0.15) is 213 Å². The summed E-state index contributed by atoms with van der Waals surface area (Å²) < 4.78 is 11.2. The second kappa shape index (κ2) is 44.5. The van der Waals surface area contributed by atoms with E-state index in [9.17, 15) is 30.3 Å². The van der Waals surface area contributed by atoms with Gasteiger partial charge in [0.2, 0.25) is 5.91 Å². The van der Waals surface area contributed by atoms with E-state index in [-0.39, 0.29) is 12.5 Å². The number of nitrogens with one attached hydrogen (secondary N) is 1. The minimum atomic E-state index is -1.58. The molecule has 0 saturated carbocycles. The number of aliphatic hydroxyl groups is 5. The molecule has 7 unspecified atom stereocenters. The molecule has 1 fully saturated rings. The van der Waals surface area contributed by atoms with Gasteiger partial charge in [-0.25, -0.2) is 0 Å². The van der Waals surface area contributed by atoms with Crippen LogP contribution in [0.15, 0.2) is 72.9 Å². The molecule has 0 aromatic carbocycles. The Morgan fingerprint density at radius 2 is 0.938 bits per heavy atom. The highest BCUT2D eigenvalue weighted by atomic mass is 16.7. The molecule has 1 heterocycles. The van der Waals surface area contributed by atoms with Gasteiger partial charge in [0.15, 0.2) is 6.29 Å². The van der Waals surface area contributed by atoms with Crippen molar-refractivity contribution in [2.75, 3.05) is 13.2 Å². The number of rotatable bonds is 43. The van der Waals surface area contributed by atoms with E-state index >= 15 is 0 Å². The minimum Gasteiger partial charge on any atom is -0.394 e. The van der Waals surface area contributed by atoms with Crippen LogP contribution in [-0.2, 0) is 14.3 Å². The number of hydrogen-bond donors (Lipinski definition) is 6. The minimum absolute atomic E-state index is 0.200. The van der Waals surface area contributed by atoms with E-state index in [1.807, 2.05) is 6.08 Å². The van der Waals surface area contributed by atoms with Gasteiger partial charge in [-0.2, -0.15) is 0 Å². The fraction of sp³-hybridized carbons (Fsp3) is 0.764. The summed E-state index contributed by atoms with van der Waals surface area (Å²) in [4.78, 5) is 13.0. The van der Waals surface area contributed by atoms with Crippen LogP contribution in [0, 0.1) is 0 Å². The largest absolute Gasteiger partial charge is 0.394 e. The molecule has 7 atom stereocenters. The third-order valence-electron chi connectivity index (χ3n) is 12.0. The number of unbranched alkanes of at least 4 members (excludes halogenated alkanes) is 23. The van der Waals surface area contributed by atoms with Crippen molar-refractivity contribution in [1.82, 2.24) is 5.32 Å². The standard InChI is InChI=1S/C55H97NO8/c1-3-5-7-9-11-13-15-17-19-21-23-24-25-26-27-29-31-33-35-37-39-41-43-45-51(59)56-48(47-63-55-54(62)53(61)52(60)50(46-57)64-55)49(58)44-42-40-38-36-34-32-30-28-22-20-18-16-14-12-10-8-6-4-2/h15,17,21-23,25-26,28,34,36,42,44,48-50,52-55,57-58,60-62H,3-14,16,18-20,24,27,29-33,35,37-41,43,45-47H2,1-2H3,(H,56,59)/b17-15-,23-21-,26-25-,28-22+,36-34+,44-42+. The summed E-state index contributed by atoms with van der Waals surface area (Å²) in [5, 5.41) is 54.3. The Hall–Kier alpha value is -2.37. The fourth-order valence-corrected chi connectivity index (χ4v) is 7.78. The summed E-state index contributed by atoms with van der Waals surface area (Å²) in [6.45, 7) is 3.73. The lowest BCUT2D eigenvalue weighted by Gasteiger charge is -2.40. The maximum absolute atomic E-state index is 13.0. The van der Waals surface area contributed by atoms with Crippen molar-refractivity contribution in [1.29, 1.82) is 0 Å². The lowest BCUT2D eigenvalue weighted by atomic mass is 9.99. The highest BCUT2D eigenvalue weighted by molar-refractivity contribution is 5.76. The molecular formula is C55H97NO8. The Labute approximate surface area is 391 Å². The molecule has 0 spiro atoms. The number of amides is 1. The number of aliphatic hydroxyl groups excluding tert-OH is 5. The van der Waals surface area contributed by atoms with Crippen LogP contribution in [0.2, 0.25) is 0 Å². The first kappa shape index (κ1) is 59.6. The lowest BCUT2D eigenvalue weighted by molar-refractivity contribution is -0.302. The Bertz CT molecular complexity index is 1230. The second-order valence-corrected chi connectivity index (χ2v) is 17.9. The Morgan fingerprint density at radius 1 is 0.531 bits per heavy atom. The van der Waals surface area contributed by atoms with Gasteiger partial charge < -0.3 is 40.3 Å². The molecule has 1 rings (SSSR count). The fourth-order valence-electron chi connectivity index (χ4n) is 7.78. The summed E-state index contributed by atoms with van der Waals surface area (Å²) in [5.41, 5.74) is 0. The molecule has 0 radical (unpaired) electrons. The van der Waals surface area contributed by atoms with E-state index in [0.29, 0.717) is 6.42 Å². The molecule has 0 aromatic rings. The topological polar surface area (TPSA) is 149 Å². The van der Waals surface area contributed by atoms with Crippen molar-refractivity contribution in [3.8, 4) is 0 Å². The molecule has 1 aliphatic rings. The van der Waals surface area contributed by atoms with E-state index in [0.717, 1.165) is 77.0 Å². The van der Waals surface area contributed by atoms with Crippen LogP contribution >= 0.6 is 0 Å². The molecule has 370 valence electrons. The van der Waals surface area contributed by atoms with Crippen molar-refractivity contribution in [3.63, 3.8) is 0 Å². The van der Waals surface area contributed by atoms with E-state index in [1.165, 1.54) is 116 Å². The van der Waals surface area contributed by atoms with Crippen molar-refractivity contribution in [2.24, 2.45) is 0 Å². The zero-order chi connectivity index (χ0) is 46.6. The first-order valence-electron chi connectivity index (χ1n) is 26.2. The van der Waals surface area contributed by atoms with Gasteiger partial charge in [0, 0.05) is 6.42 Å². The van der Waals surface area contributed by atoms with E-state index in [4.69, 9.17) is 9.47 Å². The third-order valence-corrected chi connectivity index (χ3v) is 12.0. The molecular weight excluding hydrogens is 803 g/mol. The smallest absolute Gasteiger partial charge is 0.220 e. The van der Waals surface area contributed by atoms with E-state index < -0.39 is 49.5 Å². The quantitative estimate of drug-likeness (QED) is 0.0262.